The molecular formula is C17H21N3OS. The van der Waals surface area contributed by atoms with Crippen molar-refractivity contribution in [1.82, 2.24) is 14.9 Å². The van der Waals surface area contributed by atoms with Crippen molar-refractivity contribution in [1.29, 1.82) is 0 Å². The Morgan fingerprint density at radius 2 is 1.73 bits per heavy atom. The van der Waals surface area contributed by atoms with Gasteiger partial charge in [0.2, 0.25) is 5.91 Å². The first kappa shape index (κ1) is 16.5. The summed E-state index contributed by atoms with van der Waals surface area (Å²) in [5.41, 5.74) is 1.14. The summed E-state index contributed by atoms with van der Waals surface area (Å²) >= 11 is 1.39. The van der Waals surface area contributed by atoms with Crippen LogP contribution in [-0.2, 0) is 11.3 Å². The van der Waals surface area contributed by atoms with Gasteiger partial charge in [0.05, 0.1) is 5.25 Å². The molecule has 1 aromatic heterocycles. The second-order valence-electron chi connectivity index (χ2n) is 5.34. The van der Waals surface area contributed by atoms with Gasteiger partial charge in [-0.3, -0.25) is 4.79 Å². The number of benzene rings is 1. The van der Waals surface area contributed by atoms with E-state index in [1.54, 1.807) is 18.5 Å². The molecule has 0 spiro atoms. The van der Waals surface area contributed by atoms with Gasteiger partial charge in [-0.1, -0.05) is 42.1 Å². The molecule has 2 aromatic rings. The molecule has 0 saturated heterocycles. The third kappa shape index (κ3) is 4.56. The van der Waals surface area contributed by atoms with Crippen molar-refractivity contribution in [2.75, 3.05) is 0 Å². The van der Waals surface area contributed by atoms with E-state index in [0.29, 0.717) is 11.7 Å². The fraction of sp³-hybridized carbons (Fsp3) is 0.353. The number of aromatic nitrogens is 2. The smallest absolute Gasteiger partial charge is 0.236 e. The highest BCUT2D eigenvalue weighted by Gasteiger charge is 2.24. The topological polar surface area (TPSA) is 46.1 Å². The number of carbonyl (C=O) groups is 1. The predicted octanol–water partition coefficient (Wildman–Crippen LogP) is 3.39. The molecule has 5 heteroatoms. The number of thioether (sulfide) groups is 1. The lowest BCUT2D eigenvalue weighted by Gasteiger charge is -2.29. The van der Waals surface area contributed by atoms with E-state index in [1.165, 1.54) is 11.8 Å². The van der Waals surface area contributed by atoms with Crippen LogP contribution in [0.5, 0.6) is 0 Å². The molecule has 2 rings (SSSR count). The summed E-state index contributed by atoms with van der Waals surface area (Å²) in [7, 11) is 0. The summed E-state index contributed by atoms with van der Waals surface area (Å²) in [6.07, 6.45) is 3.38. The molecule has 0 bridgehead atoms. The molecule has 0 aliphatic carbocycles. The number of hydrogen-bond donors (Lipinski definition) is 0. The van der Waals surface area contributed by atoms with Crippen molar-refractivity contribution >= 4 is 17.7 Å². The zero-order chi connectivity index (χ0) is 15.9. The van der Waals surface area contributed by atoms with E-state index < -0.39 is 0 Å². The molecule has 0 aliphatic rings. The Morgan fingerprint density at radius 3 is 2.32 bits per heavy atom. The lowest BCUT2D eigenvalue weighted by molar-refractivity contribution is -0.132. The molecule has 4 nitrogen and oxygen atoms in total. The van der Waals surface area contributed by atoms with E-state index in [-0.39, 0.29) is 17.2 Å². The number of nitrogens with zero attached hydrogens (tertiary/aromatic N) is 3. The van der Waals surface area contributed by atoms with Crippen LogP contribution in [-0.4, -0.2) is 32.1 Å². The van der Waals surface area contributed by atoms with Gasteiger partial charge in [-0.2, -0.15) is 0 Å². The van der Waals surface area contributed by atoms with Gasteiger partial charge < -0.3 is 4.90 Å². The van der Waals surface area contributed by atoms with Gasteiger partial charge in [0.25, 0.3) is 0 Å². The van der Waals surface area contributed by atoms with E-state index in [2.05, 4.69) is 9.97 Å². The summed E-state index contributed by atoms with van der Waals surface area (Å²) in [5, 5.41) is 0.417. The number of carbonyl (C=O) groups excluding carboxylic acids is 1. The predicted molar refractivity (Wildman–Crippen MR) is 89.5 cm³/mol. The van der Waals surface area contributed by atoms with Gasteiger partial charge in [0.1, 0.15) is 0 Å². The summed E-state index contributed by atoms with van der Waals surface area (Å²) in [6, 6.07) is 12.0. The quantitative estimate of drug-likeness (QED) is 0.605. The van der Waals surface area contributed by atoms with Crippen LogP contribution in [0.1, 0.15) is 26.3 Å². The third-order valence-electron chi connectivity index (χ3n) is 3.27. The second kappa shape index (κ2) is 7.94. The van der Waals surface area contributed by atoms with E-state index in [9.17, 15) is 4.79 Å². The molecule has 0 radical (unpaired) electrons. The molecule has 0 aliphatic heterocycles. The molecule has 1 unspecified atom stereocenters. The van der Waals surface area contributed by atoms with E-state index in [0.717, 1.165) is 5.56 Å². The van der Waals surface area contributed by atoms with E-state index in [4.69, 9.17) is 0 Å². The van der Waals surface area contributed by atoms with Crippen LogP contribution < -0.4 is 0 Å². The Balaban J connectivity index is 2.06. The Hall–Kier alpha value is -1.88. The fourth-order valence-corrected chi connectivity index (χ4v) is 2.88. The van der Waals surface area contributed by atoms with Gasteiger partial charge in [-0.25, -0.2) is 9.97 Å². The van der Waals surface area contributed by atoms with Crippen molar-refractivity contribution in [3.8, 4) is 0 Å². The van der Waals surface area contributed by atoms with Crippen LogP contribution >= 0.6 is 11.8 Å². The van der Waals surface area contributed by atoms with Crippen molar-refractivity contribution in [2.45, 2.75) is 43.8 Å². The Morgan fingerprint density at radius 1 is 1.09 bits per heavy atom. The lowest BCUT2D eigenvalue weighted by Crippen LogP contribution is -2.40. The number of hydrogen-bond acceptors (Lipinski definition) is 4. The molecule has 0 fully saturated rings. The van der Waals surface area contributed by atoms with Crippen LogP contribution in [0.15, 0.2) is 53.9 Å². The van der Waals surface area contributed by atoms with Gasteiger partial charge in [0.15, 0.2) is 5.16 Å². The SMILES string of the molecule is CC(Sc1ncccn1)C(=O)N(Cc1ccccc1)C(C)C. The van der Waals surface area contributed by atoms with Crippen LogP contribution in [0, 0.1) is 0 Å². The van der Waals surface area contributed by atoms with Crippen molar-refractivity contribution in [3.63, 3.8) is 0 Å². The van der Waals surface area contributed by atoms with Crippen LogP contribution in [0.3, 0.4) is 0 Å². The first-order valence-electron chi connectivity index (χ1n) is 7.36. The van der Waals surface area contributed by atoms with E-state index >= 15 is 0 Å². The summed E-state index contributed by atoms with van der Waals surface area (Å²) < 4.78 is 0. The van der Waals surface area contributed by atoms with Gasteiger partial charge >= 0.3 is 0 Å². The normalized spacial score (nSPS) is 12.2. The average Bonchev–Trinajstić information content (AvgIpc) is 2.53. The maximum Gasteiger partial charge on any atom is 0.236 e. The minimum absolute atomic E-state index is 0.108. The van der Waals surface area contributed by atoms with Crippen LogP contribution in [0.25, 0.3) is 0 Å². The Bertz CT molecular complexity index is 589. The number of rotatable bonds is 6. The largest absolute Gasteiger partial charge is 0.335 e. The number of amides is 1. The minimum Gasteiger partial charge on any atom is -0.335 e. The highest BCUT2D eigenvalue weighted by Crippen LogP contribution is 2.22. The zero-order valence-electron chi connectivity index (χ0n) is 13.1. The maximum absolute atomic E-state index is 12.7. The molecule has 1 heterocycles. The Kier molecular flexibility index (Phi) is 5.95. The Labute approximate surface area is 136 Å². The fourth-order valence-electron chi connectivity index (χ4n) is 2.08. The molecule has 22 heavy (non-hydrogen) atoms. The lowest BCUT2D eigenvalue weighted by atomic mass is 10.2. The summed E-state index contributed by atoms with van der Waals surface area (Å²) in [5.74, 6) is 0.108. The van der Waals surface area contributed by atoms with Gasteiger partial charge in [-0.05, 0) is 32.4 Å². The maximum atomic E-state index is 12.7. The average molecular weight is 315 g/mol. The molecule has 1 aromatic carbocycles. The van der Waals surface area contributed by atoms with Crippen LogP contribution in [0.4, 0.5) is 0 Å². The first-order valence-corrected chi connectivity index (χ1v) is 8.24. The molecule has 1 amide bonds. The third-order valence-corrected chi connectivity index (χ3v) is 4.25. The van der Waals surface area contributed by atoms with E-state index in [1.807, 2.05) is 56.0 Å². The van der Waals surface area contributed by atoms with Crippen molar-refractivity contribution in [2.24, 2.45) is 0 Å². The highest BCUT2D eigenvalue weighted by molar-refractivity contribution is 8.00. The van der Waals surface area contributed by atoms with Crippen LogP contribution in [0.2, 0.25) is 0 Å². The second-order valence-corrected chi connectivity index (χ2v) is 6.64. The summed E-state index contributed by atoms with van der Waals surface area (Å²) in [6.45, 7) is 6.61. The monoisotopic (exact) mass is 315 g/mol. The highest BCUT2D eigenvalue weighted by atomic mass is 32.2. The zero-order valence-corrected chi connectivity index (χ0v) is 14.0. The standard InChI is InChI=1S/C17H21N3OS/c1-13(2)20(12-15-8-5-4-6-9-15)16(21)14(3)22-17-18-10-7-11-19-17/h4-11,13-14H,12H2,1-3H3. The molecule has 1 atom stereocenters. The summed E-state index contributed by atoms with van der Waals surface area (Å²) in [4.78, 5) is 23.0. The van der Waals surface area contributed by atoms with Gasteiger partial charge in [-0.15, -0.1) is 0 Å². The molecular weight excluding hydrogens is 294 g/mol. The molecule has 0 N–H and O–H groups in total. The van der Waals surface area contributed by atoms with Gasteiger partial charge in [0, 0.05) is 25.0 Å². The molecule has 0 saturated carbocycles. The molecule has 116 valence electrons. The first-order chi connectivity index (χ1) is 10.6. The van der Waals surface area contributed by atoms with Crippen molar-refractivity contribution in [3.05, 3.63) is 54.4 Å². The van der Waals surface area contributed by atoms with Crippen molar-refractivity contribution < 1.29 is 4.79 Å². The minimum atomic E-state index is -0.214.